The van der Waals surface area contributed by atoms with Crippen molar-refractivity contribution in [3.8, 4) is 22.6 Å². The molecule has 9 heteroatoms. The Morgan fingerprint density at radius 2 is 1.79 bits per heavy atom. The minimum atomic E-state index is -0.628. The second-order valence-electron chi connectivity index (χ2n) is 6.00. The minimum absolute atomic E-state index is 0.0480. The summed E-state index contributed by atoms with van der Waals surface area (Å²) >= 11 is 0. The van der Waals surface area contributed by atoms with E-state index in [0.29, 0.717) is 29.3 Å². The summed E-state index contributed by atoms with van der Waals surface area (Å²) in [4.78, 5) is 25.0. The first-order valence-corrected chi connectivity index (χ1v) is 8.68. The number of hydrogen-bond donors (Lipinski definition) is 1. The van der Waals surface area contributed by atoms with Crippen LogP contribution in [0.3, 0.4) is 0 Å². The second kappa shape index (κ2) is 7.63. The molecule has 0 aliphatic rings. The van der Waals surface area contributed by atoms with Crippen LogP contribution in [0.25, 0.3) is 22.6 Å². The van der Waals surface area contributed by atoms with E-state index in [2.05, 4.69) is 20.3 Å². The predicted octanol–water partition coefficient (Wildman–Crippen LogP) is 4.48. The highest BCUT2D eigenvalue weighted by Crippen LogP contribution is 2.26. The zero-order chi connectivity index (χ0) is 20.4. The number of nitrogens with zero attached hydrogens (tertiary/aromatic N) is 3. The van der Waals surface area contributed by atoms with Crippen LogP contribution < -0.4 is 5.32 Å². The topological polar surface area (TPSA) is 94.1 Å². The first-order chi connectivity index (χ1) is 14.0. The van der Waals surface area contributed by atoms with Crippen molar-refractivity contribution in [2.24, 2.45) is 0 Å². The minimum Gasteiger partial charge on any atom is -0.435 e. The van der Waals surface area contributed by atoms with Crippen molar-refractivity contribution >= 4 is 11.9 Å². The number of oxazole rings is 2. The van der Waals surface area contributed by atoms with Gasteiger partial charge in [0.15, 0.2) is 5.89 Å². The van der Waals surface area contributed by atoms with Gasteiger partial charge < -0.3 is 8.83 Å². The molecule has 0 spiro atoms. The van der Waals surface area contributed by atoms with Crippen molar-refractivity contribution in [3.63, 3.8) is 0 Å². The van der Waals surface area contributed by atoms with E-state index >= 15 is 0 Å². The van der Waals surface area contributed by atoms with E-state index in [1.165, 1.54) is 42.7 Å². The van der Waals surface area contributed by atoms with Gasteiger partial charge in [0.25, 0.3) is 5.91 Å². The molecular weight excluding hydrogens is 382 g/mol. The average Bonchev–Trinajstić information content (AvgIpc) is 3.36. The lowest BCUT2D eigenvalue weighted by molar-refractivity contribution is 0.0993. The van der Waals surface area contributed by atoms with Gasteiger partial charge in [0.05, 0.1) is 11.9 Å². The molecule has 1 amide bonds. The van der Waals surface area contributed by atoms with Gasteiger partial charge in [-0.05, 0) is 36.4 Å². The van der Waals surface area contributed by atoms with E-state index in [1.54, 1.807) is 0 Å². The van der Waals surface area contributed by atoms with Gasteiger partial charge in [-0.2, -0.15) is 4.98 Å². The molecule has 0 unspecified atom stereocenters. The van der Waals surface area contributed by atoms with Gasteiger partial charge in [0, 0.05) is 12.0 Å². The fourth-order valence-corrected chi connectivity index (χ4v) is 2.60. The van der Waals surface area contributed by atoms with Crippen LogP contribution in [0.5, 0.6) is 0 Å². The number of aryl methyl sites for hydroxylation is 1. The highest BCUT2D eigenvalue weighted by atomic mass is 19.1. The lowest BCUT2D eigenvalue weighted by Gasteiger charge is -2.01. The Kier molecular flexibility index (Phi) is 4.86. The van der Waals surface area contributed by atoms with Crippen molar-refractivity contribution in [2.75, 3.05) is 5.32 Å². The number of pyridine rings is 1. The highest BCUT2D eigenvalue weighted by molar-refractivity contribution is 6.05. The summed E-state index contributed by atoms with van der Waals surface area (Å²) in [6.45, 7) is 1.83. The van der Waals surface area contributed by atoms with E-state index < -0.39 is 17.5 Å². The summed E-state index contributed by atoms with van der Waals surface area (Å²) in [5.41, 5.74) is 1.52. The third kappa shape index (κ3) is 3.88. The summed E-state index contributed by atoms with van der Waals surface area (Å²) < 4.78 is 37.0. The Bertz CT molecular complexity index is 1150. The van der Waals surface area contributed by atoms with Gasteiger partial charge in [0.1, 0.15) is 29.3 Å². The number of carbonyl (C=O) groups excluding carboxylic acids is 1. The second-order valence-corrected chi connectivity index (χ2v) is 6.00. The molecule has 0 radical (unpaired) electrons. The molecule has 0 bridgehead atoms. The molecule has 29 heavy (non-hydrogen) atoms. The monoisotopic (exact) mass is 396 g/mol. The number of halogens is 2. The highest BCUT2D eigenvalue weighted by Gasteiger charge is 2.23. The molecule has 4 rings (SSSR count). The summed E-state index contributed by atoms with van der Waals surface area (Å²) in [6.07, 6.45) is 2.81. The molecule has 7 nitrogen and oxygen atoms in total. The maximum atomic E-state index is 13.2. The van der Waals surface area contributed by atoms with Gasteiger partial charge in [-0.3, -0.25) is 15.1 Å². The third-order valence-corrected chi connectivity index (χ3v) is 4.01. The number of rotatable bonds is 5. The lowest BCUT2D eigenvalue weighted by Crippen LogP contribution is -2.12. The first kappa shape index (κ1) is 18.5. The normalized spacial score (nSPS) is 10.9. The zero-order valence-electron chi connectivity index (χ0n) is 15.1. The molecule has 0 aliphatic carbocycles. The third-order valence-electron chi connectivity index (χ3n) is 4.01. The smallest absolute Gasteiger partial charge is 0.302 e. The van der Waals surface area contributed by atoms with Crippen LogP contribution in [-0.2, 0) is 6.42 Å². The zero-order valence-corrected chi connectivity index (χ0v) is 15.1. The van der Waals surface area contributed by atoms with Crippen molar-refractivity contribution in [1.29, 1.82) is 0 Å². The Labute approximate surface area is 163 Å². The molecule has 3 heterocycles. The number of anilines is 1. The first-order valence-electron chi connectivity index (χ1n) is 8.68. The van der Waals surface area contributed by atoms with Crippen LogP contribution in [0.15, 0.2) is 57.7 Å². The van der Waals surface area contributed by atoms with Crippen LogP contribution in [0.2, 0.25) is 0 Å². The Morgan fingerprint density at radius 1 is 1.03 bits per heavy atom. The molecule has 0 aliphatic heterocycles. The van der Waals surface area contributed by atoms with Gasteiger partial charge in [-0.15, -0.1) is 0 Å². The van der Waals surface area contributed by atoms with Crippen molar-refractivity contribution in [3.05, 3.63) is 72.1 Å². The molecular formula is C20H14F2N4O3. The number of benzene rings is 1. The Morgan fingerprint density at radius 3 is 2.48 bits per heavy atom. The summed E-state index contributed by atoms with van der Waals surface area (Å²) in [6, 6.07) is 8.15. The van der Waals surface area contributed by atoms with E-state index in [9.17, 15) is 13.6 Å². The molecule has 0 fully saturated rings. The molecule has 4 aromatic rings. The molecule has 0 saturated carbocycles. The van der Waals surface area contributed by atoms with Gasteiger partial charge >= 0.3 is 6.01 Å². The predicted molar refractivity (Wildman–Crippen MR) is 98.9 cm³/mol. The number of nitrogens with one attached hydrogen (secondary N) is 1. The Hall–Kier alpha value is -3.88. The molecule has 0 atom stereocenters. The van der Waals surface area contributed by atoms with Crippen LogP contribution in [-0.4, -0.2) is 20.9 Å². The number of amides is 1. The number of hydrogen-bond acceptors (Lipinski definition) is 6. The van der Waals surface area contributed by atoms with E-state index in [0.717, 1.165) is 6.20 Å². The largest absolute Gasteiger partial charge is 0.435 e. The van der Waals surface area contributed by atoms with Crippen molar-refractivity contribution in [1.82, 2.24) is 15.0 Å². The van der Waals surface area contributed by atoms with Crippen LogP contribution in [0.1, 0.15) is 23.4 Å². The molecule has 1 aromatic carbocycles. The van der Waals surface area contributed by atoms with E-state index in [-0.39, 0.29) is 17.5 Å². The molecule has 0 saturated heterocycles. The fraction of sp³-hybridized carbons (Fsp3) is 0.100. The maximum Gasteiger partial charge on any atom is 0.302 e. The summed E-state index contributed by atoms with van der Waals surface area (Å²) in [5.74, 6) is -1.19. The van der Waals surface area contributed by atoms with Gasteiger partial charge in [0.2, 0.25) is 5.76 Å². The van der Waals surface area contributed by atoms with Gasteiger partial charge in [-0.25, -0.2) is 13.8 Å². The van der Waals surface area contributed by atoms with Crippen molar-refractivity contribution < 1.29 is 22.4 Å². The average molecular weight is 396 g/mol. The number of aromatic nitrogens is 3. The maximum absolute atomic E-state index is 13.2. The van der Waals surface area contributed by atoms with Crippen LogP contribution >= 0.6 is 0 Å². The SMILES string of the molecule is CCc1nc(-c2ccc(F)cc2)c(C(=O)Nc2nc(-c3ccc(F)cn3)co2)o1. The molecule has 146 valence electrons. The van der Waals surface area contributed by atoms with Crippen LogP contribution in [0.4, 0.5) is 14.8 Å². The lowest BCUT2D eigenvalue weighted by atomic mass is 10.1. The molecule has 3 aromatic heterocycles. The fourth-order valence-electron chi connectivity index (χ4n) is 2.60. The molecule has 1 N–H and O–H groups in total. The van der Waals surface area contributed by atoms with Gasteiger partial charge in [-0.1, -0.05) is 6.92 Å². The van der Waals surface area contributed by atoms with E-state index in [1.807, 2.05) is 6.92 Å². The number of carbonyl (C=O) groups is 1. The van der Waals surface area contributed by atoms with Crippen molar-refractivity contribution in [2.45, 2.75) is 13.3 Å². The van der Waals surface area contributed by atoms with E-state index in [4.69, 9.17) is 8.83 Å². The quantitative estimate of drug-likeness (QED) is 0.534. The summed E-state index contributed by atoms with van der Waals surface area (Å²) in [5, 5.41) is 2.49. The standard InChI is InChI=1S/C20H14F2N4O3/c1-2-16-25-17(11-3-5-12(21)6-4-11)18(29-16)19(27)26-20-24-15(10-28-20)14-8-7-13(22)9-23-14/h3-10H,2H2,1H3,(H,24,26,27). The summed E-state index contributed by atoms with van der Waals surface area (Å²) in [7, 11) is 0. The van der Waals surface area contributed by atoms with Crippen LogP contribution in [0, 0.1) is 11.6 Å². The Balaban J connectivity index is 1.60.